The van der Waals surface area contributed by atoms with Gasteiger partial charge in [0.1, 0.15) is 24.0 Å². The van der Waals surface area contributed by atoms with Crippen molar-refractivity contribution in [3.63, 3.8) is 0 Å². The Balaban J connectivity index is 1.48. The van der Waals surface area contributed by atoms with E-state index in [0.717, 1.165) is 6.07 Å². The number of anilines is 1. The molecule has 0 unspecified atom stereocenters. The fourth-order valence-electron chi connectivity index (χ4n) is 3.95. The molecule has 37 heavy (non-hydrogen) atoms. The number of fused-ring (bicyclic) bond motifs is 1. The first kappa shape index (κ1) is 23.7. The number of halogens is 2. The fourth-order valence-corrected chi connectivity index (χ4v) is 3.95. The predicted octanol–water partition coefficient (Wildman–Crippen LogP) is 5.16. The quantitative estimate of drug-likeness (QED) is 0.315. The van der Waals surface area contributed by atoms with E-state index < -0.39 is 11.6 Å². The maximum atomic E-state index is 13.9. The van der Waals surface area contributed by atoms with Gasteiger partial charge in [-0.1, -0.05) is 12.6 Å². The molecule has 184 valence electrons. The summed E-state index contributed by atoms with van der Waals surface area (Å²) in [5.41, 5.74) is 2.73. The summed E-state index contributed by atoms with van der Waals surface area (Å²) in [6, 6.07) is 18.7. The summed E-state index contributed by atoms with van der Waals surface area (Å²) in [7, 11) is 0. The van der Waals surface area contributed by atoms with Gasteiger partial charge in [0.2, 0.25) is 5.91 Å². The molecule has 1 N–H and O–H groups in total. The van der Waals surface area contributed by atoms with Crippen LogP contribution in [-0.4, -0.2) is 20.0 Å². The summed E-state index contributed by atoms with van der Waals surface area (Å²) >= 11 is 0. The number of rotatable bonds is 7. The van der Waals surface area contributed by atoms with Crippen molar-refractivity contribution in [3.8, 4) is 17.1 Å². The number of hydrogen-bond acceptors (Lipinski definition) is 4. The molecule has 0 spiro atoms. The van der Waals surface area contributed by atoms with Crippen molar-refractivity contribution in [1.82, 2.24) is 14.1 Å². The molecular formula is C28H20F2N4O3. The van der Waals surface area contributed by atoms with E-state index in [4.69, 9.17) is 4.74 Å². The van der Waals surface area contributed by atoms with E-state index in [2.05, 4.69) is 16.9 Å². The lowest BCUT2D eigenvalue weighted by molar-refractivity contribution is -0.111. The van der Waals surface area contributed by atoms with E-state index in [9.17, 15) is 18.4 Å². The Hall–Kier alpha value is -5.05. The summed E-state index contributed by atoms with van der Waals surface area (Å²) < 4.78 is 35.7. The average Bonchev–Trinajstić information content (AvgIpc) is 3.20. The van der Waals surface area contributed by atoms with Crippen molar-refractivity contribution in [2.24, 2.45) is 0 Å². The molecule has 7 nitrogen and oxygen atoms in total. The molecule has 0 atom stereocenters. The van der Waals surface area contributed by atoms with Crippen LogP contribution in [0.3, 0.4) is 0 Å². The number of amides is 1. The molecule has 5 aromatic rings. The molecule has 0 aliphatic heterocycles. The van der Waals surface area contributed by atoms with E-state index in [-0.39, 0.29) is 23.8 Å². The van der Waals surface area contributed by atoms with Gasteiger partial charge in [-0.15, -0.1) is 0 Å². The third-order valence-corrected chi connectivity index (χ3v) is 5.70. The van der Waals surface area contributed by atoms with Crippen LogP contribution in [0.2, 0.25) is 0 Å². The SMILES string of the molecule is C=CC(=O)Nc1cccc(-n2c(=O)n(-c3ccc(OCc4ccc(F)cc4F)cc3)c3cnccc32)c1. The zero-order chi connectivity index (χ0) is 25.9. The van der Waals surface area contributed by atoms with Gasteiger partial charge in [0, 0.05) is 23.5 Å². The summed E-state index contributed by atoms with van der Waals surface area (Å²) in [5.74, 6) is -1.25. The molecule has 0 aliphatic carbocycles. The molecule has 5 rings (SSSR count). The summed E-state index contributed by atoms with van der Waals surface area (Å²) in [4.78, 5) is 29.5. The Morgan fingerprint density at radius 1 is 0.973 bits per heavy atom. The van der Waals surface area contributed by atoms with Gasteiger partial charge in [-0.2, -0.15) is 0 Å². The highest BCUT2D eigenvalue weighted by Crippen LogP contribution is 2.24. The van der Waals surface area contributed by atoms with Crippen LogP contribution in [0.25, 0.3) is 22.4 Å². The number of hydrogen-bond donors (Lipinski definition) is 1. The number of imidazole rings is 1. The molecule has 2 heterocycles. The van der Waals surface area contributed by atoms with Crippen molar-refractivity contribution in [1.29, 1.82) is 0 Å². The first-order valence-electron chi connectivity index (χ1n) is 11.2. The van der Waals surface area contributed by atoms with E-state index in [1.807, 2.05) is 0 Å². The van der Waals surface area contributed by atoms with Crippen LogP contribution in [0.1, 0.15) is 5.56 Å². The Labute approximate surface area is 209 Å². The first-order chi connectivity index (χ1) is 17.9. The number of carbonyl (C=O) groups excluding carboxylic acids is 1. The number of nitrogens with one attached hydrogen (secondary N) is 1. The van der Waals surface area contributed by atoms with E-state index >= 15 is 0 Å². The van der Waals surface area contributed by atoms with E-state index in [1.165, 1.54) is 27.3 Å². The number of aromatic nitrogens is 3. The predicted molar refractivity (Wildman–Crippen MR) is 136 cm³/mol. The number of pyridine rings is 1. The van der Waals surface area contributed by atoms with Crippen molar-refractivity contribution in [3.05, 3.63) is 126 Å². The van der Waals surface area contributed by atoms with Crippen molar-refractivity contribution in [2.45, 2.75) is 6.61 Å². The van der Waals surface area contributed by atoms with Crippen LogP contribution >= 0.6 is 0 Å². The molecule has 0 radical (unpaired) electrons. The van der Waals surface area contributed by atoms with Gasteiger partial charge in [0.05, 0.1) is 28.6 Å². The molecule has 9 heteroatoms. The fraction of sp³-hybridized carbons (Fsp3) is 0.0357. The van der Waals surface area contributed by atoms with E-state index in [1.54, 1.807) is 67.0 Å². The van der Waals surface area contributed by atoms with Crippen LogP contribution in [-0.2, 0) is 11.4 Å². The summed E-state index contributed by atoms with van der Waals surface area (Å²) in [6.45, 7) is 3.38. The molecule has 0 bridgehead atoms. The van der Waals surface area contributed by atoms with Crippen LogP contribution in [0.5, 0.6) is 5.75 Å². The lowest BCUT2D eigenvalue weighted by Gasteiger charge is -2.09. The van der Waals surface area contributed by atoms with Gasteiger partial charge in [0.25, 0.3) is 0 Å². The molecule has 3 aromatic carbocycles. The highest BCUT2D eigenvalue weighted by molar-refractivity contribution is 5.99. The number of benzene rings is 3. The molecular weight excluding hydrogens is 478 g/mol. The topological polar surface area (TPSA) is 78.2 Å². The minimum Gasteiger partial charge on any atom is -0.489 e. The van der Waals surface area contributed by atoms with Crippen molar-refractivity contribution >= 4 is 22.6 Å². The molecule has 2 aromatic heterocycles. The van der Waals surface area contributed by atoms with Gasteiger partial charge in [0.15, 0.2) is 0 Å². The average molecular weight is 498 g/mol. The van der Waals surface area contributed by atoms with Gasteiger partial charge in [-0.05, 0) is 66.7 Å². The molecule has 0 fully saturated rings. The monoisotopic (exact) mass is 498 g/mol. The second-order valence-electron chi connectivity index (χ2n) is 8.08. The molecule has 0 saturated carbocycles. The summed E-state index contributed by atoms with van der Waals surface area (Å²) in [6.07, 6.45) is 4.36. The largest absolute Gasteiger partial charge is 0.489 e. The standard InChI is InChI=1S/C28H20F2N4O3/c1-2-27(35)32-20-4-3-5-22(15-20)34-25-12-13-31-16-26(25)33(28(34)36)21-8-10-23(11-9-21)37-17-18-6-7-19(29)14-24(18)30/h2-16H,1,17H2,(H,32,35). The Kier molecular flexibility index (Phi) is 6.34. The van der Waals surface area contributed by atoms with Crippen molar-refractivity contribution in [2.75, 3.05) is 5.32 Å². The van der Waals surface area contributed by atoms with Gasteiger partial charge < -0.3 is 10.1 Å². The van der Waals surface area contributed by atoms with Gasteiger partial charge >= 0.3 is 5.69 Å². The normalized spacial score (nSPS) is 10.9. The lowest BCUT2D eigenvalue weighted by Crippen LogP contribution is -2.22. The van der Waals surface area contributed by atoms with Gasteiger partial charge in [-0.3, -0.25) is 18.9 Å². The van der Waals surface area contributed by atoms with Crippen LogP contribution in [0.4, 0.5) is 14.5 Å². The Morgan fingerprint density at radius 3 is 2.51 bits per heavy atom. The third kappa shape index (κ3) is 4.74. The highest BCUT2D eigenvalue weighted by atomic mass is 19.1. The van der Waals surface area contributed by atoms with Gasteiger partial charge in [-0.25, -0.2) is 13.6 Å². The van der Waals surface area contributed by atoms with E-state index in [0.29, 0.717) is 33.8 Å². The Bertz CT molecular complexity index is 1690. The number of ether oxygens (including phenoxy) is 1. The number of carbonyl (C=O) groups is 1. The third-order valence-electron chi connectivity index (χ3n) is 5.70. The molecule has 0 saturated heterocycles. The first-order valence-corrected chi connectivity index (χ1v) is 11.2. The zero-order valence-corrected chi connectivity index (χ0v) is 19.4. The highest BCUT2D eigenvalue weighted by Gasteiger charge is 2.17. The molecule has 0 aliphatic rings. The minimum absolute atomic E-state index is 0.0760. The zero-order valence-electron chi connectivity index (χ0n) is 19.4. The second-order valence-corrected chi connectivity index (χ2v) is 8.08. The minimum atomic E-state index is -0.684. The number of nitrogens with zero attached hydrogens (tertiary/aromatic N) is 3. The van der Waals surface area contributed by atoms with Crippen molar-refractivity contribution < 1.29 is 18.3 Å². The van der Waals surface area contributed by atoms with Crippen LogP contribution < -0.4 is 15.7 Å². The Morgan fingerprint density at radius 2 is 1.76 bits per heavy atom. The summed E-state index contributed by atoms with van der Waals surface area (Å²) in [5, 5.41) is 2.70. The molecule has 1 amide bonds. The van der Waals surface area contributed by atoms with Crippen LogP contribution in [0.15, 0.2) is 103 Å². The van der Waals surface area contributed by atoms with Crippen LogP contribution in [0, 0.1) is 11.6 Å². The second kappa shape index (κ2) is 9.90. The lowest BCUT2D eigenvalue weighted by atomic mass is 10.2. The smallest absolute Gasteiger partial charge is 0.338 e. The maximum absolute atomic E-state index is 13.9. The maximum Gasteiger partial charge on any atom is 0.338 e.